The van der Waals surface area contributed by atoms with Gasteiger partial charge in [-0.15, -0.1) is 0 Å². The van der Waals surface area contributed by atoms with Gasteiger partial charge in [0.2, 0.25) is 0 Å². The van der Waals surface area contributed by atoms with Crippen molar-refractivity contribution < 1.29 is 13.2 Å². The van der Waals surface area contributed by atoms with E-state index in [1.165, 1.54) is 11.0 Å². The fourth-order valence-electron chi connectivity index (χ4n) is 3.56. The molecule has 1 fully saturated rings. The van der Waals surface area contributed by atoms with Crippen LogP contribution in [0, 0.1) is 3.70 Å². The molecule has 0 bridgehead atoms. The van der Waals surface area contributed by atoms with Crippen LogP contribution in [0.2, 0.25) is 0 Å². The van der Waals surface area contributed by atoms with Crippen molar-refractivity contribution in [3.63, 3.8) is 0 Å². The van der Waals surface area contributed by atoms with Gasteiger partial charge < -0.3 is 14.8 Å². The zero-order valence-electron chi connectivity index (χ0n) is 14.2. The molecule has 1 aliphatic rings. The number of rotatable bonds is 5. The Kier molecular flexibility index (Phi) is 5.82. The van der Waals surface area contributed by atoms with Crippen molar-refractivity contribution >= 4 is 39.2 Å². The lowest BCUT2D eigenvalue weighted by Crippen LogP contribution is -2.39. The molecule has 0 atom stereocenters. The number of nitrogens with one attached hydrogen (secondary N) is 1. The van der Waals surface area contributed by atoms with E-state index in [1.54, 1.807) is 6.07 Å². The van der Waals surface area contributed by atoms with Gasteiger partial charge in [-0.2, -0.15) is 13.2 Å². The van der Waals surface area contributed by atoms with Gasteiger partial charge in [0.15, 0.2) is 0 Å². The molecule has 0 aliphatic carbocycles. The first kappa shape index (κ1) is 18.8. The molecule has 0 unspecified atom stereocenters. The summed E-state index contributed by atoms with van der Waals surface area (Å²) in [5.41, 5.74) is 1.57. The fourth-order valence-corrected chi connectivity index (χ4v) is 4.30. The summed E-state index contributed by atoms with van der Waals surface area (Å²) in [7, 11) is 0. The number of anilines is 1. The lowest BCUT2D eigenvalue weighted by Gasteiger charge is -2.32. The highest BCUT2D eigenvalue weighted by molar-refractivity contribution is 14.1. The molecule has 1 N–H and O–H groups in total. The maximum absolute atomic E-state index is 12.9. The quantitative estimate of drug-likeness (QED) is 0.621. The number of alkyl halides is 3. The highest BCUT2D eigenvalue weighted by Crippen LogP contribution is 2.31. The van der Waals surface area contributed by atoms with Gasteiger partial charge in [0.25, 0.3) is 0 Å². The first-order valence-corrected chi connectivity index (χ1v) is 9.78. The smallest absolute Gasteiger partial charge is 0.382 e. The maximum atomic E-state index is 12.9. The molecule has 0 spiro atoms. The van der Waals surface area contributed by atoms with Gasteiger partial charge in [-0.3, -0.25) is 0 Å². The number of piperidine rings is 1. The molecule has 2 heterocycles. The Hall–Kier alpha value is -0.960. The number of hydrogen-bond acceptors (Lipinski definition) is 2. The fraction of sp³-hybridized carbons (Fsp3) is 0.556. The zero-order valence-corrected chi connectivity index (χ0v) is 16.4. The van der Waals surface area contributed by atoms with E-state index < -0.39 is 12.7 Å². The lowest BCUT2D eigenvalue weighted by atomic mass is 10.0. The predicted molar refractivity (Wildman–Crippen MR) is 104 cm³/mol. The van der Waals surface area contributed by atoms with Crippen LogP contribution in [-0.4, -0.2) is 41.3 Å². The third kappa shape index (κ3) is 4.61. The molecule has 1 aromatic carbocycles. The molecule has 0 saturated carbocycles. The van der Waals surface area contributed by atoms with Crippen LogP contribution in [0.4, 0.5) is 18.9 Å². The number of hydrogen-bond donors (Lipinski definition) is 1. The Morgan fingerprint density at radius 1 is 1.24 bits per heavy atom. The average Bonchev–Trinajstić information content (AvgIpc) is 2.85. The highest BCUT2D eigenvalue weighted by Gasteiger charge is 2.30. The van der Waals surface area contributed by atoms with Crippen LogP contribution in [0.15, 0.2) is 24.3 Å². The summed E-state index contributed by atoms with van der Waals surface area (Å²) in [5.74, 6) is 0. The molecule has 3 nitrogen and oxygen atoms in total. The first-order valence-electron chi connectivity index (χ1n) is 8.71. The minimum Gasteiger partial charge on any atom is -0.382 e. The molecule has 3 rings (SSSR count). The Balaban J connectivity index is 1.78. The van der Waals surface area contributed by atoms with E-state index in [0.717, 1.165) is 43.5 Å². The average molecular weight is 465 g/mol. The van der Waals surface area contributed by atoms with Crippen LogP contribution >= 0.6 is 22.6 Å². The molecular formula is C18H23F3IN3. The zero-order chi connectivity index (χ0) is 18.0. The molecule has 2 aromatic rings. The van der Waals surface area contributed by atoms with Crippen molar-refractivity contribution in [3.8, 4) is 0 Å². The van der Waals surface area contributed by atoms with E-state index in [9.17, 15) is 13.2 Å². The van der Waals surface area contributed by atoms with Gasteiger partial charge in [-0.05, 0) is 66.6 Å². The van der Waals surface area contributed by atoms with Gasteiger partial charge in [-0.25, -0.2) is 0 Å². The summed E-state index contributed by atoms with van der Waals surface area (Å²) in [5, 5.41) is 4.43. The normalized spacial score (nSPS) is 17.3. The van der Waals surface area contributed by atoms with Gasteiger partial charge >= 0.3 is 6.18 Å². The summed E-state index contributed by atoms with van der Waals surface area (Å²) in [4.78, 5) is 2.47. The number of benzene rings is 1. The van der Waals surface area contributed by atoms with E-state index in [1.807, 2.05) is 40.8 Å². The van der Waals surface area contributed by atoms with Gasteiger partial charge in [0.1, 0.15) is 6.54 Å². The SMILES string of the molecule is CCCN1CCC(Nc2cccc3c2cc(I)n3CC(F)(F)F)CC1. The number of halogens is 4. The van der Waals surface area contributed by atoms with Crippen molar-refractivity contribution in [1.82, 2.24) is 9.47 Å². The summed E-state index contributed by atoms with van der Waals surface area (Å²) in [6.45, 7) is 4.54. The standard InChI is InChI=1S/C18H23F3IN3/c1-2-8-24-9-6-13(7-10-24)23-15-4-3-5-16-14(15)11-17(22)25(16)12-18(19,20)21/h3-5,11,13,23H,2,6-10,12H2,1H3. The van der Waals surface area contributed by atoms with E-state index in [0.29, 0.717) is 15.3 Å². The molecule has 138 valence electrons. The number of nitrogens with zero attached hydrogens (tertiary/aromatic N) is 2. The monoisotopic (exact) mass is 465 g/mol. The third-order valence-corrected chi connectivity index (χ3v) is 5.61. The number of likely N-dealkylation sites (tertiary alicyclic amines) is 1. The summed E-state index contributed by atoms with van der Waals surface area (Å²) < 4.78 is 40.5. The Morgan fingerprint density at radius 3 is 2.60 bits per heavy atom. The molecule has 7 heteroatoms. The van der Waals surface area contributed by atoms with Gasteiger partial charge in [0, 0.05) is 30.2 Å². The minimum absolute atomic E-state index is 0.377. The van der Waals surface area contributed by atoms with Gasteiger partial charge in [-0.1, -0.05) is 13.0 Å². The van der Waals surface area contributed by atoms with Crippen molar-refractivity contribution in [3.05, 3.63) is 28.0 Å². The summed E-state index contributed by atoms with van der Waals surface area (Å²) in [6.07, 6.45) is -0.919. The van der Waals surface area contributed by atoms with Crippen LogP contribution in [0.1, 0.15) is 26.2 Å². The van der Waals surface area contributed by atoms with E-state index in [4.69, 9.17) is 0 Å². The van der Waals surface area contributed by atoms with Gasteiger partial charge in [0.05, 0.1) is 9.22 Å². The number of fused-ring (bicyclic) bond motifs is 1. The molecule has 0 amide bonds. The molecule has 0 radical (unpaired) electrons. The predicted octanol–water partition coefficient (Wildman–Crippen LogP) is 5.09. The maximum Gasteiger partial charge on any atom is 0.406 e. The highest BCUT2D eigenvalue weighted by atomic mass is 127. The molecule has 25 heavy (non-hydrogen) atoms. The Bertz CT molecular complexity index is 718. The van der Waals surface area contributed by atoms with E-state index in [2.05, 4.69) is 17.1 Å². The number of aromatic nitrogens is 1. The molecular weight excluding hydrogens is 442 g/mol. The molecule has 1 aliphatic heterocycles. The lowest BCUT2D eigenvalue weighted by molar-refractivity contribution is -0.140. The summed E-state index contributed by atoms with van der Waals surface area (Å²) in [6, 6.07) is 7.78. The second-order valence-electron chi connectivity index (χ2n) is 6.67. The Labute approximate surface area is 159 Å². The van der Waals surface area contributed by atoms with Crippen LogP contribution < -0.4 is 5.32 Å². The Morgan fingerprint density at radius 2 is 1.96 bits per heavy atom. The van der Waals surface area contributed by atoms with Crippen molar-refractivity contribution in [2.24, 2.45) is 0 Å². The topological polar surface area (TPSA) is 20.2 Å². The van der Waals surface area contributed by atoms with Crippen LogP contribution in [0.25, 0.3) is 10.9 Å². The van der Waals surface area contributed by atoms with Crippen LogP contribution in [0.3, 0.4) is 0 Å². The minimum atomic E-state index is -4.22. The largest absolute Gasteiger partial charge is 0.406 e. The van der Waals surface area contributed by atoms with E-state index >= 15 is 0 Å². The van der Waals surface area contributed by atoms with E-state index in [-0.39, 0.29) is 0 Å². The molecule has 1 saturated heterocycles. The van der Waals surface area contributed by atoms with Crippen molar-refractivity contribution in [2.45, 2.75) is 44.9 Å². The van der Waals surface area contributed by atoms with Crippen LogP contribution in [-0.2, 0) is 6.54 Å². The second-order valence-corrected chi connectivity index (χ2v) is 7.77. The second kappa shape index (κ2) is 7.73. The summed E-state index contributed by atoms with van der Waals surface area (Å²) >= 11 is 1.98. The third-order valence-electron chi connectivity index (χ3n) is 4.72. The molecule has 1 aromatic heterocycles. The van der Waals surface area contributed by atoms with Crippen molar-refractivity contribution in [2.75, 3.05) is 25.0 Å². The van der Waals surface area contributed by atoms with Crippen molar-refractivity contribution in [1.29, 1.82) is 0 Å². The first-order chi connectivity index (χ1) is 11.9. The van der Waals surface area contributed by atoms with Crippen LogP contribution in [0.5, 0.6) is 0 Å².